The maximum absolute atomic E-state index is 12.8. The molecule has 0 atom stereocenters. The highest BCUT2D eigenvalue weighted by molar-refractivity contribution is 5.97. The minimum absolute atomic E-state index is 0.157. The van der Waals surface area contributed by atoms with Gasteiger partial charge in [0.2, 0.25) is 0 Å². The van der Waals surface area contributed by atoms with Crippen LogP contribution in [0.25, 0.3) is 6.08 Å². The molecule has 1 fully saturated rings. The number of amides is 1. The van der Waals surface area contributed by atoms with Gasteiger partial charge < -0.3 is 4.90 Å². The fraction of sp³-hybridized carbons (Fsp3) is 0.375. The van der Waals surface area contributed by atoms with E-state index < -0.39 is 5.54 Å². The highest BCUT2D eigenvalue weighted by Crippen LogP contribution is 2.36. The van der Waals surface area contributed by atoms with E-state index in [4.69, 9.17) is 0 Å². The second kappa shape index (κ2) is 5.46. The molecule has 104 valence electrons. The Morgan fingerprint density at radius 3 is 2.45 bits per heavy atom. The Morgan fingerprint density at radius 2 is 2.00 bits per heavy atom. The molecule has 1 aromatic carbocycles. The van der Waals surface area contributed by atoms with Gasteiger partial charge in [-0.2, -0.15) is 5.26 Å². The molecule has 0 unspecified atom stereocenters. The van der Waals surface area contributed by atoms with Gasteiger partial charge in [-0.15, -0.1) is 0 Å². The van der Waals surface area contributed by atoms with Crippen molar-refractivity contribution in [3.63, 3.8) is 0 Å². The van der Waals surface area contributed by atoms with Crippen LogP contribution in [0.2, 0.25) is 0 Å². The van der Waals surface area contributed by atoms with E-state index in [-0.39, 0.29) is 11.7 Å². The first-order chi connectivity index (χ1) is 9.48. The summed E-state index contributed by atoms with van der Waals surface area (Å²) in [5.41, 5.74) is 0.667. The summed E-state index contributed by atoms with van der Waals surface area (Å²) >= 11 is 0. The van der Waals surface area contributed by atoms with Crippen molar-refractivity contribution in [2.24, 2.45) is 0 Å². The smallest absolute Gasteiger partial charge is 0.250 e. The van der Waals surface area contributed by atoms with Crippen LogP contribution in [-0.4, -0.2) is 23.4 Å². The van der Waals surface area contributed by atoms with Crippen LogP contribution in [0.15, 0.2) is 29.8 Å². The van der Waals surface area contributed by atoms with Crippen molar-refractivity contribution >= 4 is 12.0 Å². The minimum atomic E-state index is -0.644. The Hall–Kier alpha value is -2.15. The van der Waals surface area contributed by atoms with Gasteiger partial charge in [0.05, 0.1) is 6.07 Å². The molecule has 1 saturated carbocycles. The average Bonchev–Trinajstić information content (AvgIpc) is 2.39. The molecule has 1 aliphatic carbocycles. The standard InChI is InChI=1S/C16H17FN2O/c1-12(10-13-4-6-14(17)7-5-13)15(20)19(2)16(11-18)8-3-9-16/h4-7,10H,3,8-9H2,1-2H3/b12-10+. The molecule has 4 heteroatoms. The van der Waals surface area contributed by atoms with Gasteiger partial charge in [0.15, 0.2) is 0 Å². The number of nitriles is 1. The maximum Gasteiger partial charge on any atom is 0.250 e. The normalized spacial score (nSPS) is 17.0. The van der Waals surface area contributed by atoms with E-state index >= 15 is 0 Å². The summed E-state index contributed by atoms with van der Waals surface area (Å²) in [6.07, 6.45) is 4.15. The summed E-state index contributed by atoms with van der Waals surface area (Å²) < 4.78 is 12.8. The number of hydrogen-bond acceptors (Lipinski definition) is 2. The van der Waals surface area contributed by atoms with Gasteiger partial charge in [-0.05, 0) is 50.0 Å². The first-order valence-electron chi connectivity index (χ1n) is 6.62. The molecule has 3 nitrogen and oxygen atoms in total. The van der Waals surface area contributed by atoms with Crippen LogP contribution in [0.3, 0.4) is 0 Å². The van der Waals surface area contributed by atoms with Gasteiger partial charge >= 0.3 is 0 Å². The number of halogens is 1. The summed E-state index contributed by atoms with van der Waals surface area (Å²) in [4.78, 5) is 13.9. The number of benzene rings is 1. The fourth-order valence-electron chi connectivity index (χ4n) is 2.36. The van der Waals surface area contributed by atoms with Crippen LogP contribution in [0, 0.1) is 17.1 Å². The Labute approximate surface area is 118 Å². The quantitative estimate of drug-likeness (QED) is 0.793. The van der Waals surface area contributed by atoms with Crippen LogP contribution in [0.1, 0.15) is 31.7 Å². The lowest BCUT2D eigenvalue weighted by molar-refractivity contribution is -0.131. The largest absolute Gasteiger partial charge is 0.323 e. The summed E-state index contributed by atoms with van der Waals surface area (Å²) in [5.74, 6) is -0.461. The Morgan fingerprint density at radius 1 is 1.40 bits per heavy atom. The molecule has 1 amide bonds. The number of likely N-dealkylation sites (N-methyl/N-ethyl adjacent to an activating group) is 1. The van der Waals surface area contributed by atoms with Gasteiger partial charge in [0, 0.05) is 12.6 Å². The van der Waals surface area contributed by atoms with Crippen molar-refractivity contribution in [1.82, 2.24) is 4.90 Å². The molecule has 2 rings (SSSR count). The predicted molar refractivity (Wildman–Crippen MR) is 75.0 cm³/mol. The van der Waals surface area contributed by atoms with Crippen molar-refractivity contribution in [2.75, 3.05) is 7.05 Å². The lowest BCUT2D eigenvalue weighted by atomic mass is 9.76. The number of nitrogens with zero attached hydrogens (tertiary/aromatic N) is 2. The number of carbonyl (C=O) groups excluding carboxylic acids is 1. The fourth-order valence-corrected chi connectivity index (χ4v) is 2.36. The first kappa shape index (κ1) is 14.3. The van der Waals surface area contributed by atoms with Gasteiger partial charge in [0.1, 0.15) is 11.4 Å². The van der Waals surface area contributed by atoms with Crippen molar-refractivity contribution in [1.29, 1.82) is 5.26 Å². The van der Waals surface area contributed by atoms with E-state index in [1.165, 1.54) is 17.0 Å². The molecule has 0 radical (unpaired) electrons. The van der Waals surface area contributed by atoms with Crippen LogP contribution in [0.4, 0.5) is 4.39 Å². The lowest BCUT2D eigenvalue weighted by Crippen LogP contribution is -2.53. The third kappa shape index (κ3) is 2.57. The summed E-state index contributed by atoms with van der Waals surface area (Å²) in [6, 6.07) is 8.21. The molecular weight excluding hydrogens is 255 g/mol. The zero-order valence-electron chi connectivity index (χ0n) is 11.7. The molecule has 0 N–H and O–H groups in total. The molecule has 0 spiro atoms. The van der Waals surface area contributed by atoms with E-state index in [0.717, 1.165) is 24.8 Å². The first-order valence-corrected chi connectivity index (χ1v) is 6.62. The highest BCUT2D eigenvalue weighted by atomic mass is 19.1. The molecule has 1 aromatic rings. The van der Waals surface area contributed by atoms with Crippen molar-refractivity contribution in [2.45, 2.75) is 31.7 Å². The zero-order valence-corrected chi connectivity index (χ0v) is 11.7. The zero-order chi connectivity index (χ0) is 14.8. The lowest BCUT2D eigenvalue weighted by Gasteiger charge is -2.43. The van der Waals surface area contributed by atoms with Gasteiger partial charge in [-0.1, -0.05) is 12.1 Å². The van der Waals surface area contributed by atoms with E-state index in [1.807, 2.05) is 0 Å². The van der Waals surface area contributed by atoms with Gasteiger partial charge in [0.25, 0.3) is 5.91 Å². The van der Waals surface area contributed by atoms with Crippen LogP contribution < -0.4 is 0 Å². The van der Waals surface area contributed by atoms with E-state index in [9.17, 15) is 14.4 Å². The van der Waals surface area contributed by atoms with E-state index in [1.54, 1.807) is 32.2 Å². The SMILES string of the molecule is C/C(=C\c1ccc(F)cc1)C(=O)N(C)C1(C#N)CCC1. The van der Waals surface area contributed by atoms with E-state index in [2.05, 4.69) is 6.07 Å². The van der Waals surface area contributed by atoms with Crippen molar-refractivity contribution in [3.8, 4) is 6.07 Å². The van der Waals surface area contributed by atoms with Gasteiger partial charge in [-0.25, -0.2) is 4.39 Å². The second-order valence-electron chi connectivity index (χ2n) is 5.24. The number of carbonyl (C=O) groups is 1. The molecular formula is C16H17FN2O. The summed E-state index contributed by atoms with van der Waals surface area (Å²) in [7, 11) is 1.67. The molecule has 0 bridgehead atoms. The Bertz CT molecular complexity index is 579. The van der Waals surface area contributed by atoms with Crippen LogP contribution in [0.5, 0.6) is 0 Å². The Kier molecular flexibility index (Phi) is 3.89. The number of rotatable bonds is 3. The molecule has 0 heterocycles. The predicted octanol–water partition coefficient (Wildman–Crippen LogP) is 3.13. The van der Waals surface area contributed by atoms with E-state index in [0.29, 0.717) is 5.57 Å². The second-order valence-corrected chi connectivity index (χ2v) is 5.24. The number of hydrogen-bond donors (Lipinski definition) is 0. The van der Waals surface area contributed by atoms with Gasteiger partial charge in [-0.3, -0.25) is 4.79 Å². The van der Waals surface area contributed by atoms with Crippen molar-refractivity contribution < 1.29 is 9.18 Å². The third-order valence-corrected chi connectivity index (χ3v) is 3.93. The topological polar surface area (TPSA) is 44.1 Å². The summed E-state index contributed by atoms with van der Waals surface area (Å²) in [5, 5.41) is 9.25. The third-order valence-electron chi connectivity index (χ3n) is 3.93. The monoisotopic (exact) mass is 272 g/mol. The molecule has 20 heavy (non-hydrogen) atoms. The minimum Gasteiger partial charge on any atom is -0.323 e. The highest BCUT2D eigenvalue weighted by Gasteiger charge is 2.43. The molecule has 1 aliphatic rings. The van der Waals surface area contributed by atoms with Crippen LogP contribution in [-0.2, 0) is 4.79 Å². The van der Waals surface area contributed by atoms with Crippen LogP contribution >= 0.6 is 0 Å². The maximum atomic E-state index is 12.8. The van der Waals surface area contributed by atoms with Crippen molar-refractivity contribution in [3.05, 3.63) is 41.2 Å². The summed E-state index contributed by atoms with van der Waals surface area (Å²) in [6.45, 7) is 1.71. The molecule has 0 aromatic heterocycles. The Balaban J connectivity index is 2.16. The molecule has 0 aliphatic heterocycles. The average molecular weight is 272 g/mol. The molecule has 0 saturated heterocycles.